The maximum Gasteiger partial charge on any atom is 0.354 e. The van der Waals surface area contributed by atoms with Gasteiger partial charge in [0.05, 0.1) is 6.61 Å². The standard InChI is InChI=1S/C11H20NO5P/c1-5-10(13)12-9(11(14)17-6-2)7-8-18(4,15)16-3/h7H,5-6,8H2,1-4H3,(H,12,13). The molecule has 0 aliphatic carbocycles. The van der Waals surface area contributed by atoms with E-state index in [0.29, 0.717) is 0 Å². The molecule has 0 fully saturated rings. The van der Waals surface area contributed by atoms with Gasteiger partial charge in [-0.25, -0.2) is 4.79 Å². The first-order chi connectivity index (χ1) is 8.36. The van der Waals surface area contributed by atoms with Crippen LogP contribution in [0.2, 0.25) is 0 Å². The SMILES string of the molecule is CCOC(=O)C(=CCP(C)(=O)OC)NC(=O)CC. The highest BCUT2D eigenvalue weighted by molar-refractivity contribution is 7.58. The molecule has 0 aliphatic rings. The van der Waals surface area contributed by atoms with E-state index in [9.17, 15) is 14.2 Å². The van der Waals surface area contributed by atoms with E-state index in [1.807, 2.05) is 0 Å². The first-order valence-corrected chi connectivity index (χ1v) is 7.91. The second kappa shape index (κ2) is 8.06. The van der Waals surface area contributed by atoms with Gasteiger partial charge in [-0.1, -0.05) is 6.92 Å². The summed E-state index contributed by atoms with van der Waals surface area (Å²) in [6, 6.07) is 0. The van der Waals surface area contributed by atoms with Crippen LogP contribution in [0.3, 0.4) is 0 Å². The molecule has 0 heterocycles. The van der Waals surface area contributed by atoms with Crippen molar-refractivity contribution in [1.29, 1.82) is 0 Å². The Bertz CT molecular complexity index is 378. The number of allylic oxidation sites excluding steroid dienone is 1. The monoisotopic (exact) mass is 277 g/mol. The lowest BCUT2D eigenvalue weighted by atomic mass is 10.3. The molecule has 0 saturated carbocycles. The fourth-order valence-corrected chi connectivity index (χ4v) is 1.63. The summed E-state index contributed by atoms with van der Waals surface area (Å²) in [4.78, 5) is 22.8. The van der Waals surface area contributed by atoms with Crippen LogP contribution in [0.25, 0.3) is 0 Å². The van der Waals surface area contributed by atoms with E-state index >= 15 is 0 Å². The molecule has 1 amide bonds. The molecular weight excluding hydrogens is 257 g/mol. The minimum Gasteiger partial charge on any atom is -0.461 e. The number of amides is 1. The molecule has 0 aromatic rings. The second-order valence-electron chi connectivity index (χ2n) is 3.62. The smallest absolute Gasteiger partial charge is 0.354 e. The lowest BCUT2D eigenvalue weighted by Gasteiger charge is -2.11. The number of carbonyl (C=O) groups is 2. The van der Waals surface area contributed by atoms with Crippen LogP contribution in [0.1, 0.15) is 20.3 Å². The van der Waals surface area contributed by atoms with Gasteiger partial charge in [0.15, 0.2) is 0 Å². The highest BCUT2D eigenvalue weighted by Gasteiger charge is 2.17. The summed E-state index contributed by atoms with van der Waals surface area (Å²) >= 11 is 0. The molecule has 0 aliphatic heterocycles. The van der Waals surface area contributed by atoms with Crippen molar-refractivity contribution in [3.05, 3.63) is 11.8 Å². The molecule has 1 N–H and O–H groups in total. The largest absolute Gasteiger partial charge is 0.461 e. The van der Waals surface area contributed by atoms with Gasteiger partial charge in [-0.05, 0) is 13.0 Å². The van der Waals surface area contributed by atoms with Gasteiger partial charge >= 0.3 is 5.97 Å². The number of nitrogens with one attached hydrogen (secondary N) is 1. The Morgan fingerprint density at radius 2 is 1.94 bits per heavy atom. The number of hydrogen-bond donors (Lipinski definition) is 1. The van der Waals surface area contributed by atoms with Gasteiger partial charge in [0.25, 0.3) is 0 Å². The Morgan fingerprint density at radius 3 is 2.39 bits per heavy atom. The zero-order chi connectivity index (χ0) is 14.2. The van der Waals surface area contributed by atoms with Gasteiger partial charge < -0.3 is 14.6 Å². The quantitative estimate of drug-likeness (QED) is 0.433. The molecule has 104 valence electrons. The van der Waals surface area contributed by atoms with Crippen molar-refractivity contribution in [3.8, 4) is 0 Å². The van der Waals surface area contributed by atoms with E-state index in [2.05, 4.69) is 5.32 Å². The summed E-state index contributed by atoms with van der Waals surface area (Å²) < 4.78 is 21.3. The van der Waals surface area contributed by atoms with Crippen molar-refractivity contribution in [2.45, 2.75) is 20.3 Å². The fraction of sp³-hybridized carbons (Fsp3) is 0.636. The molecule has 1 unspecified atom stereocenters. The Balaban J connectivity index is 4.85. The van der Waals surface area contributed by atoms with E-state index in [0.717, 1.165) is 0 Å². The van der Waals surface area contributed by atoms with Crippen molar-refractivity contribution in [2.75, 3.05) is 26.5 Å². The van der Waals surface area contributed by atoms with Crippen molar-refractivity contribution in [2.24, 2.45) is 0 Å². The fourth-order valence-electron chi connectivity index (χ4n) is 0.964. The van der Waals surface area contributed by atoms with Crippen molar-refractivity contribution < 1.29 is 23.4 Å². The first-order valence-electron chi connectivity index (χ1n) is 5.65. The molecule has 0 aromatic carbocycles. The Labute approximate surface area is 107 Å². The van der Waals surface area contributed by atoms with E-state index in [4.69, 9.17) is 9.26 Å². The highest BCUT2D eigenvalue weighted by Crippen LogP contribution is 2.41. The predicted molar refractivity (Wildman–Crippen MR) is 68.6 cm³/mol. The van der Waals surface area contributed by atoms with Crippen LogP contribution in [-0.2, 0) is 23.4 Å². The third-order valence-electron chi connectivity index (χ3n) is 2.10. The second-order valence-corrected chi connectivity index (χ2v) is 6.38. The van der Waals surface area contributed by atoms with E-state index in [1.165, 1.54) is 19.9 Å². The molecule has 18 heavy (non-hydrogen) atoms. The topological polar surface area (TPSA) is 81.7 Å². The average Bonchev–Trinajstić information content (AvgIpc) is 2.34. The Hall–Kier alpha value is -1.13. The summed E-state index contributed by atoms with van der Waals surface area (Å²) in [6.07, 6.45) is 1.67. The molecule has 0 bridgehead atoms. The maximum atomic E-state index is 11.7. The van der Waals surface area contributed by atoms with E-state index in [1.54, 1.807) is 13.8 Å². The lowest BCUT2D eigenvalue weighted by Crippen LogP contribution is -2.28. The van der Waals surface area contributed by atoms with Gasteiger partial charge in [-0.3, -0.25) is 9.36 Å². The van der Waals surface area contributed by atoms with Crippen molar-refractivity contribution in [1.82, 2.24) is 5.32 Å². The average molecular weight is 277 g/mol. The number of hydrogen-bond acceptors (Lipinski definition) is 5. The third-order valence-corrected chi connectivity index (χ3v) is 3.72. The molecule has 7 heteroatoms. The van der Waals surface area contributed by atoms with Crippen LogP contribution in [0, 0.1) is 0 Å². The lowest BCUT2D eigenvalue weighted by molar-refractivity contribution is -0.140. The predicted octanol–water partition coefficient (Wildman–Crippen LogP) is 1.51. The molecule has 6 nitrogen and oxygen atoms in total. The summed E-state index contributed by atoms with van der Waals surface area (Å²) in [5.74, 6) is -0.951. The van der Waals surface area contributed by atoms with Gasteiger partial charge in [0, 0.05) is 26.4 Å². The summed E-state index contributed by atoms with van der Waals surface area (Å²) in [6.45, 7) is 4.98. The van der Waals surface area contributed by atoms with Gasteiger partial charge in [0.1, 0.15) is 5.70 Å². The summed E-state index contributed by atoms with van der Waals surface area (Å²) in [5, 5.41) is 2.42. The number of rotatable bonds is 7. The summed E-state index contributed by atoms with van der Waals surface area (Å²) in [7, 11) is -1.44. The molecule has 0 saturated heterocycles. The molecule has 0 spiro atoms. The minimum absolute atomic E-state index is 0.00262. The number of ether oxygens (including phenoxy) is 1. The highest BCUT2D eigenvalue weighted by atomic mass is 31.2. The van der Waals surface area contributed by atoms with Gasteiger partial charge in [-0.2, -0.15) is 0 Å². The Kier molecular flexibility index (Phi) is 7.55. The van der Waals surface area contributed by atoms with Crippen LogP contribution < -0.4 is 5.32 Å². The molecule has 0 radical (unpaired) electrons. The van der Waals surface area contributed by atoms with Crippen molar-refractivity contribution in [3.63, 3.8) is 0 Å². The van der Waals surface area contributed by atoms with Crippen LogP contribution in [0.5, 0.6) is 0 Å². The third kappa shape index (κ3) is 6.57. The van der Waals surface area contributed by atoms with Crippen LogP contribution in [0.4, 0.5) is 0 Å². The van der Waals surface area contributed by atoms with Crippen LogP contribution >= 0.6 is 7.37 Å². The Morgan fingerprint density at radius 1 is 1.33 bits per heavy atom. The molecular formula is C11H20NO5P. The molecule has 0 aromatic heterocycles. The zero-order valence-electron chi connectivity index (χ0n) is 11.2. The molecule has 1 atom stereocenters. The normalized spacial score (nSPS) is 14.8. The van der Waals surface area contributed by atoms with Crippen LogP contribution in [-0.4, -0.2) is 38.4 Å². The zero-order valence-corrected chi connectivity index (χ0v) is 12.1. The van der Waals surface area contributed by atoms with E-state index in [-0.39, 0.29) is 30.8 Å². The van der Waals surface area contributed by atoms with Gasteiger partial charge in [-0.15, -0.1) is 0 Å². The number of esters is 1. The van der Waals surface area contributed by atoms with Gasteiger partial charge in [0.2, 0.25) is 13.3 Å². The number of carbonyl (C=O) groups excluding carboxylic acids is 2. The minimum atomic E-state index is -2.77. The maximum absolute atomic E-state index is 11.7. The van der Waals surface area contributed by atoms with Crippen LogP contribution in [0.15, 0.2) is 11.8 Å². The van der Waals surface area contributed by atoms with E-state index < -0.39 is 13.3 Å². The molecule has 0 rings (SSSR count). The first kappa shape index (κ1) is 16.9. The van der Waals surface area contributed by atoms with Crippen molar-refractivity contribution >= 4 is 19.2 Å². The summed E-state index contributed by atoms with van der Waals surface area (Å²) in [5.41, 5.74) is 0.00262.